The van der Waals surface area contributed by atoms with E-state index in [0.29, 0.717) is 41.5 Å². The normalized spacial score (nSPS) is 16.5. The van der Waals surface area contributed by atoms with Crippen LogP contribution in [0.2, 0.25) is 5.02 Å². The number of aliphatic hydroxyl groups is 1. The number of amides is 1. The standard InChI is InChI=1S/C26H26ClNO5/c1-15(2)16-5-7-17(8-6-16)23-22(25(30)26(31)28(23)11-4-12-32-3)24(29)21-14-18-13-19(27)9-10-20(18)33-21/h5-10,13-15,23,30H,4,11-12H2,1-3H3. The van der Waals surface area contributed by atoms with Gasteiger partial charge in [-0.05, 0) is 47.7 Å². The van der Waals surface area contributed by atoms with Crippen molar-refractivity contribution >= 4 is 34.3 Å². The average Bonchev–Trinajstić information content (AvgIpc) is 3.33. The number of hydrogen-bond acceptors (Lipinski definition) is 5. The van der Waals surface area contributed by atoms with E-state index in [1.807, 2.05) is 24.3 Å². The van der Waals surface area contributed by atoms with Gasteiger partial charge in [-0.2, -0.15) is 0 Å². The van der Waals surface area contributed by atoms with E-state index in [1.165, 1.54) is 4.90 Å². The Kier molecular flexibility index (Phi) is 6.58. The van der Waals surface area contributed by atoms with Gasteiger partial charge in [-0.3, -0.25) is 9.59 Å². The lowest BCUT2D eigenvalue weighted by atomic mass is 9.93. The number of methoxy groups -OCH3 is 1. The Morgan fingerprint density at radius 1 is 1.18 bits per heavy atom. The molecule has 0 aliphatic carbocycles. The van der Waals surface area contributed by atoms with Gasteiger partial charge in [0.15, 0.2) is 11.5 Å². The number of Topliss-reactive ketones (excluding diaryl/α,β-unsaturated/α-hetero) is 1. The summed E-state index contributed by atoms with van der Waals surface area (Å²) < 4.78 is 10.9. The zero-order valence-electron chi connectivity index (χ0n) is 18.8. The summed E-state index contributed by atoms with van der Waals surface area (Å²) in [6.07, 6.45) is 0.570. The van der Waals surface area contributed by atoms with E-state index in [2.05, 4.69) is 13.8 Å². The molecule has 4 rings (SSSR count). The minimum absolute atomic E-state index is 0.0138. The maximum Gasteiger partial charge on any atom is 0.290 e. The van der Waals surface area contributed by atoms with Crippen molar-refractivity contribution in [3.8, 4) is 0 Å². The second kappa shape index (κ2) is 9.41. The summed E-state index contributed by atoms with van der Waals surface area (Å²) in [6, 6.07) is 13.7. The van der Waals surface area contributed by atoms with Gasteiger partial charge in [0.1, 0.15) is 5.58 Å². The van der Waals surface area contributed by atoms with Crippen LogP contribution >= 0.6 is 11.6 Å². The number of ether oxygens (including phenoxy) is 1. The molecule has 1 atom stereocenters. The van der Waals surface area contributed by atoms with Crippen LogP contribution in [-0.2, 0) is 9.53 Å². The van der Waals surface area contributed by atoms with Gasteiger partial charge in [-0.1, -0.05) is 49.7 Å². The molecule has 6 nitrogen and oxygen atoms in total. The van der Waals surface area contributed by atoms with Crippen LogP contribution in [0.4, 0.5) is 0 Å². The molecular weight excluding hydrogens is 442 g/mol. The minimum Gasteiger partial charge on any atom is -0.503 e. The molecule has 0 spiro atoms. The number of carbonyl (C=O) groups is 2. The lowest BCUT2D eigenvalue weighted by molar-refractivity contribution is -0.129. The number of furan rings is 1. The van der Waals surface area contributed by atoms with Crippen LogP contribution in [0.3, 0.4) is 0 Å². The molecular formula is C26H26ClNO5. The first kappa shape index (κ1) is 23.1. The van der Waals surface area contributed by atoms with Crippen LogP contribution in [-0.4, -0.2) is 42.0 Å². The number of nitrogens with zero attached hydrogens (tertiary/aromatic N) is 1. The first-order valence-corrected chi connectivity index (χ1v) is 11.3. The third-order valence-electron chi connectivity index (χ3n) is 5.92. The average molecular weight is 468 g/mol. The Morgan fingerprint density at radius 3 is 2.58 bits per heavy atom. The summed E-state index contributed by atoms with van der Waals surface area (Å²) in [6.45, 7) is 4.98. The van der Waals surface area contributed by atoms with Crippen molar-refractivity contribution in [1.29, 1.82) is 0 Å². The number of halogens is 1. The third-order valence-corrected chi connectivity index (χ3v) is 6.15. The molecule has 0 fully saturated rings. The van der Waals surface area contributed by atoms with Gasteiger partial charge in [0.25, 0.3) is 5.91 Å². The summed E-state index contributed by atoms with van der Waals surface area (Å²) in [4.78, 5) is 28.1. The lowest BCUT2D eigenvalue weighted by Crippen LogP contribution is -2.32. The first-order valence-electron chi connectivity index (χ1n) is 10.9. The second-order valence-corrected chi connectivity index (χ2v) is 8.89. The number of fused-ring (bicyclic) bond motifs is 1. The van der Waals surface area contributed by atoms with Gasteiger partial charge in [0, 0.05) is 30.7 Å². The molecule has 172 valence electrons. The monoisotopic (exact) mass is 467 g/mol. The summed E-state index contributed by atoms with van der Waals surface area (Å²) in [5.74, 6) is -1.26. The Morgan fingerprint density at radius 2 is 1.91 bits per heavy atom. The van der Waals surface area contributed by atoms with E-state index in [1.54, 1.807) is 31.4 Å². The van der Waals surface area contributed by atoms with E-state index in [9.17, 15) is 14.7 Å². The van der Waals surface area contributed by atoms with Gasteiger partial charge >= 0.3 is 0 Å². The zero-order chi connectivity index (χ0) is 23.7. The van der Waals surface area contributed by atoms with Gasteiger partial charge in [-0.15, -0.1) is 0 Å². The predicted molar refractivity (Wildman–Crippen MR) is 127 cm³/mol. The van der Waals surface area contributed by atoms with Gasteiger partial charge in [0.2, 0.25) is 5.78 Å². The molecule has 0 saturated carbocycles. The van der Waals surface area contributed by atoms with Gasteiger partial charge < -0.3 is 19.2 Å². The molecule has 3 aromatic rings. The topological polar surface area (TPSA) is 80.0 Å². The molecule has 0 radical (unpaired) electrons. The molecule has 1 amide bonds. The Bertz CT molecular complexity index is 1230. The molecule has 1 aliphatic heterocycles. The molecule has 0 saturated heterocycles. The fourth-order valence-electron chi connectivity index (χ4n) is 4.16. The van der Waals surface area contributed by atoms with E-state index in [0.717, 1.165) is 11.1 Å². The lowest BCUT2D eigenvalue weighted by Gasteiger charge is -2.27. The van der Waals surface area contributed by atoms with Crippen molar-refractivity contribution in [2.75, 3.05) is 20.3 Å². The number of rotatable bonds is 8. The van der Waals surface area contributed by atoms with Crippen molar-refractivity contribution in [3.63, 3.8) is 0 Å². The molecule has 1 unspecified atom stereocenters. The van der Waals surface area contributed by atoms with Crippen molar-refractivity contribution < 1.29 is 23.8 Å². The molecule has 1 aliphatic rings. The SMILES string of the molecule is COCCCN1C(=O)C(O)=C(C(=O)c2cc3cc(Cl)ccc3o2)C1c1ccc(C(C)C)cc1. The molecule has 2 heterocycles. The summed E-state index contributed by atoms with van der Waals surface area (Å²) in [7, 11) is 1.59. The fourth-order valence-corrected chi connectivity index (χ4v) is 4.34. The predicted octanol–water partition coefficient (Wildman–Crippen LogP) is 5.82. The van der Waals surface area contributed by atoms with Gasteiger partial charge in [-0.25, -0.2) is 0 Å². The maximum atomic E-state index is 13.5. The van der Waals surface area contributed by atoms with Crippen molar-refractivity contribution in [1.82, 2.24) is 4.90 Å². The number of carbonyl (C=O) groups excluding carboxylic acids is 2. The Hall–Kier alpha value is -3.09. The fraction of sp³-hybridized carbons (Fsp3) is 0.308. The highest BCUT2D eigenvalue weighted by molar-refractivity contribution is 6.31. The maximum absolute atomic E-state index is 13.5. The molecule has 7 heteroatoms. The summed E-state index contributed by atoms with van der Waals surface area (Å²) in [5.41, 5.74) is 2.41. The Balaban J connectivity index is 1.76. The van der Waals surface area contributed by atoms with E-state index in [-0.39, 0.29) is 11.3 Å². The highest BCUT2D eigenvalue weighted by Crippen LogP contribution is 2.40. The van der Waals surface area contributed by atoms with Crippen molar-refractivity contribution in [2.45, 2.75) is 32.2 Å². The smallest absolute Gasteiger partial charge is 0.290 e. The van der Waals surface area contributed by atoms with Crippen molar-refractivity contribution in [2.24, 2.45) is 0 Å². The van der Waals surface area contributed by atoms with E-state index in [4.69, 9.17) is 20.8 Å². The van der Waals surface area contributed by atoms with Crippen LogP contribution in [0.25, 0.3) is 11.0 Å². The molecule has 33 heavy (non-hydrogen) atoms. The summed E-state index contributed by atoms with van der Waals surface area (Å²) >= 11 is 6.06. The number of benzene rings is 2. The zero-order valence-corrected chi connectivity index (χ0v) is 19.6. The quantitative estimate of drug-likeness (QED) is 0.333. The molecule has 1 aromatic heterocycles. The van der Waals surface area contributed by atoms with Crippen LogP contribution in [0.5, 0.6) is 0 Å². The molecule has 2 aromatic carbocycles. The molecule has 0 bridgehead atoms. The second-order valence-electron chi connectivity index (χ2n) is 8.45. The number of aliphatic hydroxyl groups excluding tert-OH is 1. The third kappa shape index (κ3) is 4.41. The van der Waals surface area contributed by atoms with E-state index >= 15 is 0 Å². The van der Waals surface area contributed by atoms with Crippen LogP contribution in [0.15, 0.2) is 64.3 Å². The first-order chi connectivity index (χ1) is 15.8. The van der Waals surface area contributed by atoms with Gasteiger partial charge in [0.05, 0.1) is 11.6 Å². The highest BCUT2D eigenvalue weighted by Gasteiger charge is 2.44. The number of ketones is 1. The van der Waals surface area contributed by atoms with E-state index < -0.39 is 23.5 Å². The number of hydrogen-bond donors (Lipinski definition) is 1. The van der Waals surface area contributed by atoms with Crippen LogP contribution < -0.4 is 0 Å². The Labute approximate surface area is 197 Å². The van der Waals surface area contributed by atoms with Crippen LogP contribution in [0, 0.1) is 0 Å². The summed E-state index contributed by atoms with van der Waals surface area (Å²) in [5, 5.41) is 12.0. The molecule has 1 N–H and O–H groups in total. The minimum atomic E-state index is -0.722. The van der Waals surface area contributed by atoms with Crippen molar-refractivity contribution in [3.05, 3.63) is 81.8 Å². The van der Waals surface area contributed by atoms with Crippen LogP contribution in [0.1, 0.15) is 53.9 Å². The largest absolute Gasteiger partial charge is 0.503 e. The highest BCUT2D eigenvalue weighted by atomic mass is 35.5.